The van der Waals surface area contributed by atoms with E-state index in [0.29, 0.717) is 5.56 Å². The second-order valence-corrected chi connectivity index (χ2v) is 2.27. The average molecular weight is 159 g/mol. The van der Waals surface area contributed by atoms with Crippen molar-refractivity contribution in [3.8, 4) is 0 Å². The monoisotopic (exact) mass is 158 g/mol. The first-order chi connectivity index (χ1) is 4.75. The van der Waals surface area contributed by atoms with Crippen LogP contribution in [0.3, 0.4) is 0 Å². The van der Waals surface area contributed by atoms with E-state index >= 15 is 0 Å². The molecule has 0 saturated carbocycles. The first-order valence-electron chi connectivity index (χ1n) is 2.81. The van der Waals surface area contributed by atoms with Gasteiger partial charge in [0.15, 0.2) is 0 Å². The summed E-state index contributed by atoms with van der Waals surface area (Å²) in [4.78, 5) is 13.7. The number of aromatic nitrogens is 1. The number of aromatic amines is 1. The third kappa shape index (κ3) is 1.20. The fourth-order valence-corrected chi connectivity index (χ4v) is 0.836. The Morgan fingerprint density at radius 2 is 2.30 bits per heavy atom. The van der Waals surface area contributed by atoms with E-state index in [1.54, 1.807) is 6.20 Å². The van der Waals surface area contributed by atoms with E-state index in [-0.39, 0.29) is 17.0 Å². The summed E-state index contributed by atoms with van der Waals surface area (Å²) in [7, 11) is 0. The molecule has 1 rings (SSSR count). The average Bonchev–Trinajstić information content (AvgIpc) is 1.95. The van der Waals surface area contributed by atoms with Crippen molar-refractivity contribution in [2.75, 3.05) is 0 Å². The number of halogens is 1. The van der Waals surface area contributed by atoms with E-state index in [2.05, 4.69) is 4.98 Å². The molecule has 3 N–H and O–H groups in total. The molecule has 0 spiro atoms. The molecule has 3 nitrogen and oxygen atoms in total. The summed E-state index contributed by atoms with van der Waals surface area (Å²) in [6.07, 6.45) is 2.98. The Morgan fingerprint density at radius 3 is 2.80 bits per heavy atom. The number of pyridine rings is 1. The van der Waals surface area contributed by atoms with Gasteiger partial charge in [-0.05, 0) is 0 Å². The molecule has 0 radical (unpaired) electrons. The number of nitrogens with two attached hydrogens (primary N) is 1. The minimum absolute atomic E-state index is 0.183. The highest BCUT2D eigenvalue weighted by molar-refractivity contribution is 6.30. The zero-order valence-electron chi connectivity index (χ0n) is 5.23. The molecule has 0 atom stereocenters. The van der Waals surface area contributed by atoms with Gasteiger partial charge in [-0.1, -0.05) is 11.6 Å². The van der Waals surface area contributed by atoms with Gasteiger partial charge in [0.05, 0.1) is 0 Å². The number of rotatable bonds is 1. The largest absolute Gasteiger partial charge is 0.366 e. The maximum absolute atomic E-state index is 11.0. The highest BCUT2D eigenvalue weighted by Gasteiger charge is 1.98. The quantitative estimate of drug-likeness (QED) is 0.625. The molecule has 0 aliphatic carbocycles. The first-order valence-corrected chi connectivity index (χ1v) is 3.19. The summed E-state index contributed by atoms with van der Waals surface area (Å²) in [6.45, 7) is 0.218. The van der Waals surface area contributed by atoms with Crippen LogP contribution < -0.4 is 11.2 Å². The molecule has 54 valence electrons. The van der Waals surface area contributed by atoms with Crippen molar-refractivity contribution in [2.24, 2.45) is 5.73 Å². The Kier molecular flexibility index (Phi) is 2.09. The van der Waals surface area contributed by atoms with Gasteiger partial charge in [0.1, 0.15) is 5.02 Å². The molecule has 0 fully saturated rings. The lowest BCUT2D eigenvalue weighted by Crippen LogP contribution is -2.13. The predicted molar refractivity (Wildman–Crippen MR) is 40.0 cm³/mol. The summed E-state index contributed by atoms with van der Waals surface area (Å²) >= 11 is 5.49. The van der Waals surface area contributed by atoms with E-state index in [9.17, 15) is 4.79 Å². The predicted octanol–water partition coefficient (Wildman–Crippen LogP) is 0.487. The zero-order chi connectivity index (χ0) is 7.56. The van der Waals surface area contributed by atoms with Crippen LogP contribution >= 0.6 is 11.6 Å². The molecule has 1 aromatic heterocycles. The van der Waals surface area contributed by atoms with E-state index in [1.165, 1.54) is 6.20 Å². The van der Waals surface area contributed by atoms with Crippen LogP contribution in [0.15, 0.2) is 17.2 Å². The van der Waals surface area contributed by atoms with Crippen molar-refractivity contribution in [1.29, 1.82) is 0 Å². The second kappa shape index (κ2) is 2.86. The molecule has 0 unspecified atom stereocenters. The van der Waals surface area contributed by atoms with Crippen molar-refractivity contribution < 1.29 is 0 Å². The Labute approximate surface area is 62.8 Å². The molecule has 4 heteroatoms. The molecule has 0 aromatic carbocycles. The van der Waals surface area contributed by atoms with Gasteiger partial charge in [0.25, 0.3) is 0 Å². The van der Waals surface area contributed by atoms with Crippen molar-refractivity contribution in [3.05, 3.63) is 33.2 Å². The topological polar surface area (TPSA) is 58.9 Å². The van der Waals surface area contributed by atoms with Crippen molar-refractivity contribution in [3.63, 3.8) is 0 Å². The van der Waals surface area contributed by atoms with Gasteiger partial charge in [-0.15, -0.1) is 0 Å². The molecule has 1 heterocycles. The number of nitrogens with one attached hydrogen (secondary N) is 1. The van der Waals surface area contributed by atoms with Gasteiger partial charge < -0.3 is 10.7 Å². The molecular weight excluding hydrogens is 152 g/mol. The smallest absolute Gasteiger partial charge is 0.204 e. The normalized spacial score (nSPS) is 9.80. The maximum atomic E-state index is 11.0. The van der Waals surface area contributed by atoms with Gasteiger partial charge >= 0.3 is 0 Å². The summed E-state index contributed by atoms with van der Waals surface area (Å²) in [5.41, 5.74) is 5.56. The van der Waals surface area contributed by atoms with Gasteiger partial charge in [0, 0.05) is 24.5 Å². The molecule has 10 heavy (non-hydrogen) atoms. The molecule has 0 aliphatic rings. The Bertz CT molecular complexity index is 281. The Morgan fingerprint density at radius 1 is 1.60 bits per heavy atom. The summed E-state index contributed by atoms with van der Waals surface area (Å²) in [5, 5.41) is 0.183. The van der Waals surface area contributed by atoms with Crippen LogP contribution in [0.5, 0.6) is 0 Å². The lowest BCUT2D eigenvalue weighted by Gasteiger charge is -1.93. The fourth-order valence-electron chi connectivity index (χ4n) is 0.652. The Hall–Kier alpha value is -0.800. The summed E-state index contributed by atoms with van der Waals surface area (Å²) < 4.78 is 0. The fraction of sp³-hybridized carbons (Fsp3) is 0.167. The van der Waals surface area contributed by atoms with E-state index < -0.39 is 0 Å². The summed E-state index contributed by atoms with van der Waals surface area (Å²) in [6, 6.07) is 0. The number of hydrogen-bond donors (Lipinski definition) is 2. The minimum Gasteiger partial charge on any atom is -0.366 e. The Balaban J connectivity index is 3.28. The third-order valence-corrected chi connectivity index (χ3v) is 1.48. The zero-order valence-corrected chi connectivity index (χ0v) is 5.98. The third-order valence-electron chi connectivity index (χ3n) is 1.20. The number of H-pyrrole nitrogens is 1. The molecular formula is C6H7ClN2O. The molecule has 0 aliphatic heterocycles. The second-order valence-electron chi connectivity index (χ2n) is 1.86. The lowest BCUT2D eigenvalue weighted by atomic mass is 10.3. The van der Waals surface area contributed by atoms with E-state index in [1.807, 2.05) is 0 Å². The van der Waals surface area contributed by atoms with Crippen LogP contribution in [-0.4, -0.2) is 4.98 Å². The van der Waals surface area contributed by atoms with E-state index in [4.69, 9.17) is 17.3 Å². The van der Waals surface area contributed by atoms with Gasteiger partial charge in [-0.3, -0.25) is 4.79 Å². The first kappa shape index (κ1) is 7.31. The van der Waals surface area contributed by atoms with Crippen LogP contribution in [0.1, 0.15) is 5.56 Å². The standard InChI is InChI=1S/C6H7ClN2O/c7-5-3-9-2-4(1-8)6(5)10/h2-3H,1,8H2,(H,9,10). The molecule has 0 bridgehead atoms. The van der Waals surface area contributed by atoms with Crippen molar-refractivity contribution >= 4 is 11.6 Å². The molecule has 0 saturated heterocycles. The summed E-state index contributed by atoms with van der Waals surface area (Å²) in [5.74, 6) is 0. The van der Waals surface area contributed by atoms with Gasteiger partial charge in [-0.25, -0.2) is 0 Å². The minimum atomic E-state index is -0.192. The van der Waals surface area contributed by atoms with Crippen LogP contribution in [0.4, 0.5) is 0 Å². The van der Waals surface area contributed by atoms with E-state index in [0.717, 1.165) is 0 Å². The molecule has 0 amide bonds. The highest BCUT2D eigenvalue weighted by atomic mass is 35.5. The van der Waals surface area contributed by atoms with Gasteiger partial charge in [-0.2, -0.15) is 0 Å². The van der Waals surface area contributed by atoms with Crippen LogP contribution in [0, 0.1) is 0 Å². The van der Waals surface area contributed by atoms with Crippen LogP contribution in [-0.2, 0) is 6.54 Å². The lowest BCUT2D eigenvalue weighted by molar-refractivity contribution is 1.03. The SMILES string of the molecule is NCc1c[nH]cc(Cl)c1=O. The molecule has 1 aromatic rings. The van der Waals surface area contributed by atoms with Crippen molar-refractivity contribution in [2.45, 2.75) is 6.54 Å². The highest BCUT2D eigenvalue weighted by Crippen LogP contribution is 1.98. The maximum Gasteiger partial charge on any atom is 0.204 e. The van der Waals surface area contributed by atoms with Gasteiger partial charge in [0.2, 0.25) is 5.43 Å². The number of hydrogen-bond acceptors (Lipinski definition) is 2. The van der Waals surface area contributed by atoms with Crippen LogP contribution in [0.2, 0.25) is 5.02 Å². The van der Waals surface area contributed by atoms with Crippen LogP contribution in [0.25, 0.3) is 0 Å². The van der Waals surface area contributed by atoms with Crippen molar-refractivity contribution in [1.82, 2.24) is 4.98 Å².